The highest BCUT2D eigenvalue weighted by molar-refractivity contribution is 7.98. The molecule has 0 N–H and O–H groups in total. The van der Waals surface area contributed by atoms with Crippen molar-refractivity contribution in [2.75, 3.05) is 7.11 Å². The summed E-state index contributed by atoms with van der Waals surface area (Å²) in [6, 6.07) is 18.2. The molecule has 0 spiro atoms. The maximum Gasteiger partial charge on any atom is 0.223 e. The number of hydrogen-bond acceptors (Lipinski definition) is 5. The van der Waals surface area contributed by atoms with Crippen LogP contribution in [0.2, 0.25) is 0 Å². The van der Waals surface area contributed by atoms with E-state index in [1.165, 1.54) is 11.1 Å². The van der Waals surface area contributed by atoms with Crippen LogP contribution in [0.25, 0.3) is 0 Å². The van der Waals surface area contributed by atoms with Gasteiger partial charge in [0.15, 0.2) is 16.7 Å². The predicted molar refractivity (Wildman–Crippen MR) is 119 cm³/mol. The van der Waals surface area contributed by atoms with Gasteiger partial charge in [-0.1, -0.05) is 75.9 Å². The summed E-state index contributed by atoms with van der Waals surface area (Å²) in [4.78, 5) is 9.25. The topological polar surface area (TPSA) is 44.2 Å². The highest BCUT2D eigenvalue weighted by Crippen LogP contribution is 2.31. The molecule has 0 radical (unpaired) electrons. The molecule has 0 aliphatic rings. The molecular weight excluding hydrogens is 380 g/mol. The van der Waals surface area contributed by atoms with Gasteiger partial charge in [-0.05, 0) is 35.1 Å². The van der Waals surface area contributed by atoms with Crippen molar-refractivity contribution in [1.82, 2.24) is 9.97 Å². The molecular formula is C24H28N2O2S. The number of ether oxygens (including phenoxy) is 2. The monoisotopic (exact) mass is 408 g/mol. The van der Waals surface area contributed by atoms with E-state index in [9.17, 15) is 0 Å². The lowest BCUT2D eigenvalue weighted by Gasteiger charge is -2.19. The fraction of sp³-hybridized carbons (Fsp3) is 0.333. The minimum atomic E-state index is 0.162. The number of thioether (sulfide) groups is 1. The fourth-order valence-corrected chi connectivity index (χ4v) is 3.64. The van der Waals surface area contributed by atoms with Gasteiger partial charge in [-0.25, -0.2) is 4.98 Å². The van der Waals surface area contributed by atoms with Crippen molar-refractivity contribution in [3.8, 4) is 17.4 Å². The lowest BCUT2D eigenvalue weighted by atomic mass is 9.87. The second-order valence-electron chi connectivity index (χ2n) is 7.82. The van der Waals surface area contributed by atoms with E-state index in [0.717, 1.165) is 17.9 Å². The minimum Gasteiger partial charge on any atom is -0.493 e. The molecule has 152 valence electrons. The second-order valence-corrected chi connectivity index (χ2v) is 8.76. The van der Waals surface area contributed by atoms with Crippen LogP contribution in [0, 0.1) is 0 Å². The average Bonchev–Trinajstić information content (AvgIpc) is 2.72. The van der Waals surface area contributed by atoms with Crippen LogP contribution in [0.1, 0.15) is 44.5 Å². The number of aromatic nitrogens is 2. The van der Waals surface area contributed by atoms with Gasteiger partial charge in [0.1, 0.15) is 0 Å². The Morgan fingerprint density at radius 1 is 0.931 bits per heavy atom. The van der Waals surface area contributed by atoms with Gasteiger partial charge >= 0.3 is 0 Å². The molecule has 0 amide bonds. The van der Waals surface area contributed by atoms with Crippen LogP contribution in [0.4, 0.5) is 0 Å². The van der Waals surface area contributed by atoms with Crippen LogP contribution in [0.5, 0.6) is 17.4 Å². The molecule has 0 fully saturated rings. The third kappa shape index (κ3) is 5.73. The first kappa shape index (κ1) is 21.2. The van der Waals surface area contributed by atoms with Gasteiger partial charge in [-0.3, -0.25) is 0 Å². The van der Waals surface area contributed by atoms with Crippen molar-refractivity contribution in [1.29, 1.82) is 0 Å². The van der Waals surface area contributed by atoms with Crippen molar-refractivity contribution in [3.05, 3.63) is 71.4 Å². The summed E-state index contributed by atoms with van der Waals surface area (Å²) in [6.07, 6.45) is 0.818. The van der Waals surface area contributed by atoms with Crippen LogP contribution in [-0.2, 0) is 17.6 Å². The van der Waals surface area contributed by atoms with E-state index in [-0.39, 0.29) is 5.41 Å². The van der Waals surface area contributed by atoms with Crippen molar-refractivity contribution in [3.63, 3.8) is 0 Å². The zero-order valence-electron chi connectivity index (χ0n) is 17.7. The van der Waals surface area contributed by atoms with E-state index in [2.05, 4.69) is 61.9 Å². The average molecular weight is 409 g/mol. The van der Waals surface area contributed by atoms with Crippen LogP contribution in [0.15, 0.2) is 59.8 Å². The Balaban J connectivity index is 1.75. The first-order chi connectivity index (χ1) is 13.9. The smallest absolute Gasteiger partial charge is 0.223 e. The number of nitrogens with zero attached hydrogens (tertiary/aromatic N) is 2. The standard InChI is InChI=1S/C24H28N2O2S/c1-6-19-15-22(28-21-10-8-7-9-20(21)27-5)26-23(25-19)29-16-17-11-13-18(14-12-17)24(2,3)4/h7-15H,6,16H2,1-5H3. The molecule has 4 nitrogen and oxygen atoms in total. The molecule has 0 atom stereocenters. The lowest BCUT2D eigenvalue weighted by molar-refractivity contribution is 0.372. The Morgan fingerprint density at radius 2 is 1.62 bits per heavy atom. The second kappa shape index (κ2) is 9.31. The first-order valence-corrected chi connectivity index (χ1v) is 10.8. The largest absolute Gasteiger partial charge is 0.493 e. The number of aryl methyl sites for hydroxylation is 1. The minimum absolute atomic E-state index is 0.162. The van der Waals surface area contributed by atoms with Gasteiger partial charge in [-0.2, -0.15) is 4.98 Å². The maximum atomic E-state index is 6.00. The Bertz CT molecular complexity index is 950. The van der Waals surface area contributed by atoms with Crippen LogP contribution >= 0.6 is 11.8 Å². The summed E-state index contributed by atoms with van der Waals surface area (Å²) < 4.78 is 11.4. The third-order valence-corrected chi connectivity index (χ3v) is 5.49. The zero-order chi connectivity index (χ0) is 20.9. The quantitative estimate of drug-likeness (QED) is 0.333. The van der Waals surface area contributed by atoms with Gasteiger partial charge in [0, 0.05) is 17.5 Å². The Morgan fingerprint density at radius 3 is 2.24 bits per heavy atom. The van der Waals surface area contributed by atoms with Crippen LogP contribution < -0.4 is 9.47 Å². The van der Waals surface area contributed by atoms with E-state index in [0.29, 0.717) is 22.5 Å². The number of hydrogen-bond donors (Lipinski definition) is 0. The fourth-order valence-electron chi connectivity index (χ4n) is 2.81. The third-order valence-electron chi connectivity index (χ3n) is 4.57. The number of para-hydroxylation sites is 2. The van der Waals surface area contributed by atoms with Crippen LogP contribution in [0.3, 0.4) is 0 Å². The summed E-state index contributed by atoms with van der Waals surface area (Å²) in [7, 11) is 1.63. The van der Waals surface area contributed by atoms with Gasteiger partial charge in [0.05, 0.1) is 7.11 Å². The van der Waals surface area contributed by atoms with E-state index >= 15 is 0 Å². The number of benzene rings is 2. The van der Waals surface area contributed by atoms with Crippen LogP contribution in [-0.4, -0.2) is 17.1 Å². The predicted octanol–water partition coefficient (Wildman–Crippen LogP) is 6.43. The summed E-state index contributed by atoms with van der Waals surface area (Å²) in [5.74, 6) is 2.67. The van der Waals surface area contributed by atoms with Gasteiger partial charge in [-0.15, -0.1) is 0 Å². The Hall–Kier alpha value is -2.53. The molecule has 0 aliphatic heterocycles. The van der Waals surface area contributed by atoms with Gasteiger partial charge in [0.25, 0.3) is 0 Å². The molecule has 0 bridgehead atoms. The molecule has 1 heterocycles. The zero-order valence-corrected chi connectivity index (χ0v) is 18.5. The van der Waals surface area contributed by atoms with Crippen molar-refractivity contribution >= 4 is 11.8 Å². The lowest BCUT2D eigenvalue weighted by Crippen LogP contribution is -2.10. The Labute approximate surface area is 177 Å². The van der Waals surface area contributed by atoms with Gasteiger partial charge in [0.2, 0.25) is 5.88 Å². The summed E-state index contributed by atoms with van der Waals surface area (Å²) in [6.45, 7) is 8.76. The number of methoxy groups -OCH3 is 1. The highest BCUT2D eigenvalue weighted by Gasteiger charge is 2.13. The van der Waals surface area contributed by atoms with E-state index in [1.807, 2.05) is 30.3 Å². The molecule has 0 unspecified atom stereocenters. The normalized spacial score (nSPS) is 11.3. The Kier molecular flexibility index (Phi) is 6.80. The molecule has 0 saturated carbocycles. The summed E-state index contributed by atoms with van der Waals surface area (Å²) in [5.41, 5.74) is 3.70. The SMILES string of the molecule is CCc1cc(Oc2ccccc2OC)nc(SCc2ccc(C(C)(C)C)cc2)n1. The van der Waals surface area contributed by atoms with Gasteiger partial charge < -0.3 is 9.47 Å². The maximum absolute atomic E-state index is 6.00. The molecule has 2 aromatic carbocycles. The van der Waals surface area contributed by atoms with E-state index < -0.39 is 0 Å². The molecule has 0 saturated heterocycles. The number of rotatable bonds is 7. The summed E-state index contributed by atoms with van der Waals surface area (Å²) in [5, 5.41) is 0.717. The molecule has 29 heavy (non-hydrogen) atoms. The molecule has 5 heteroatoms. The molecule has 0 aliphatic carbocycles. The molecule has 3 aromatic rings. The van der Waals surface area contributed by atoms with E-state index in [1.54, 1.807) is 18.9 Å². The summed E-state index contributed by atoms with van der Waals surface area (Å²) >= 11 is 1.62. The molecule has 3 rings (SSSR count). The first-order valence-electron chi connectivity index (χ1n) is 9.80. The molecule has 1 aromatic heterocycles. The van der Waals surface area contributed by atoms with Crippen molar-refractivity contribution in [2.24, 2.45) is 0 Å². The van der Waals surface area contributed by atoms with Crippen molar-refractivity contribution in [2.45, 2.75) is 50.4 Å². The van der Waals surface area contributed by atoms with Crippen molar-refractivity contribution < 1.29 is 9.47 Å². The van der Waals surface area contributed by atoms with E-state index in [4.69, 9.17) is 9.47 Å². The highest BCUT2D eigenvalue weighted by atomic mass is 32.2.